The predicted octanol–water partition coefficient (Wildman–Crippen LogP) is 0.863. The molecule has 0 saturated carbocycles. The van der Waals surface area contributed by atoms with Gasteiger partial charge in [-0.2, -0.15) is 0 Å². The van der Waals surface area contributed by atoms with Crippen molar-refractivity contribution < 1.29 is 61.4 Å². The van der Waals surface area contributed by atoms with E-state index in [1.807, 2.05) is 38.1 Å². The molecule has 8 atom stereocenters. The van der Waals surface area contributed by atoms with Gasteiger partial charge in [-0.25, -0.2) is 17.9 Å². The van der Waals surface area contributed by atoms with Crippen molar-refractivity contribution >= 4 is 86.1 Å². The number of carboxylic acid groups (broad SMARTS) is 1. The molecule has 3 aliphatic rings. The van der Waals surface area contributed by atoms with Gasteiger partial charge in [0.2, 0.25) is 53.2 Å². The molecule has 0 aliphatic carbocycles. The summed E-state index contributed by atoms with van der Waals surface area (Å²) >= 11 is 0. The first-order valence-corrected chi connectivity index (χ1v) is 34.1. The number of amides is 8. The van der Waals surface area contributed by atoms with Gasteiger partial charge in [0.05, 0.1) is 4.90 Å². The summed E-state index contributed by atoms with van der Waals surface area (Å²) in [5.41, 5.74) is 27.1. The maximum absolute atomic E-state index is 15.0. The number of carboxylic acids is 1. The SMILES string of the molecule is CC(=O)N[C@@H](CCCN=C(N)N)C(=O)N[C@@H](Cc1c[nH]c2ccccc12)C(=O)N[C@@H](CCCCN)C(=O)N[C@@H](Cc1ccccc1)C(=O)N1CCC[C@H]1C(=O)N[C@@H](C)C(=O)N[C@@H](CCCN=C(N)NS(=O)(=O)c1c(C)c(C)c2c(c1C)CC(C)(C)O2)C(=O)N1CCC[C@H]1C(=O)O. The van der Waals surface area contributed by atoms with Crippen LogP contribution in [0.1, 0.15) is 132 Å². The van der Waals surface area contributed by atoms with Gasteiger partial charge in [0.25, 0.3) is 10.0 Å². The Kier molecular flexibility index (Phi) is 25.8. The topological polar surface area (TPSA) is 453 Å². The molecular weight excluding hydrogens is 1260 g/mol. The van der Waals surface area contributed by atoms with Crippen molar-refractivity contribution in [2.45, 2.75) is 197 Å². The number of aliphatic imine (C=N–C) groups is 2. The fraction of sp³-hybridized carbons (Fsp3) is 0.530. The van der Waals surface area contributed by atoms with Crippen LogP contribution >= 0.6 is 0 Å². The third kappa shape index (κ3) is 19.4. The van der Waals surface area contributed by atoms with E-state index in [1.165, 1.54) is 23.6 Å². The van der Waals surface area contributed by atoms with Gasteiger partial charge < -0.3 is 79.5 Å². The summed E-state index contributed by atoms with van der Waals surface area (Å²) in [7, 11) is -4.25. The molecule has 0 radical (unpaired) electrons. The van der Waals surface area contributed by atoms with Crippen LogP contribution in [-0.4, -0.2) is 180 Å². The number of likely N-dealkylation sites (tertiary alicyclic amines) is 2. The Labute approximate surface area is 559 Å². The highest BCUT2D eigenvalue weighted by Crippen LogP contribution is 2.44. The molecule has 8 amide bonds. The van der Waals surface area contributed by atoms with Crippen LogP contribution in [0.25, 0.3) is 10.9 Å². The molecule has 4 heterocycles. The highest BCUT2D eigenvalue weighted by Gasteiger charge is 2.42. The third-order valence-corrected chi connectivity index (χ3v) is 19.2. The maximum Gasteiger partial charge on any atom is 0.326 e. The lowest BCUT2D eigenvalue weighted by molar-refractivity contribution is -0.149. The summed E-state index contributed by atoms with van der Waals surface area (Å²) in [5, 5.41) is 27.3. The minimum atomic E-state index is -4.25. The van der Waals surface area contributed by atoms with Gasteiger partial charge in [0.1, 0.15) is 59.7 Å². The lowest BCUT2D eigenvalue weighted by Gasteiger charge is -2.31. The summed E-state index contributed by atoms with van der Waals surface area (Å²) < 4.78 is 36.3. The van der Waals surface area contributed by atoms with Gasteiger partial charge in [-0.1, -0.05) is 48.5 Å². The quantitative estimate of drug-likeness (QED) is 0.0183. The zero-order chi connectivity index (χ0) is 70.2. The summed E-state index contributed by atoms with van der Waals surface area (Å²) in [6, 6.07) is 6.27. The summed E-state index contributed by atoms with van der Waals surface area (Å²) in [4.78, 5) is 140. The number of nitrogens with zero attached hydrogens (tertiary/aromatic N) is 4. The minimum absolute atomic E-state index is 0.0443. The van der Waals surface area contributed by atoms with E-state index in [2.05, 4.69) is 51.6 Å². The molecule has 2 fully saturated rings. The fourth-order valence-electron chi connectivity index (χ4n) is 12.7. The van der Waals surface area contributed by atoms with Crippen molar-refractivity contribution in [3.8, 4) is 5.75 Å². The zero-order valence-corrected chi connectivity index (χ0v) is 56.5. The van der Waals surface area contributed by atoms with Crippen molar-refractivity contribution in [3.63, 3.8) is 0 Å². The van der Waals surface area contributed by atoms with E-state index in [0.717, 1.165) is 16.5 Å². The number of nitrogens with one attached hydrogen (secondary N) is 8. The number of sulfonamides is 1. The molecule has 3 aromatic carbocycles. The van der Waals surface area contributed by atoms with E-state index < -0.39 is 123 Å². The van der Waals surface area contributed by atoms with Gasteiger partial charge >= 0.3 is 5.97 Å². The first-order chi connectivity index (χ1) is 45.5. The number of fused-ring (bicyclic) bond motifs is 2. The molecule has 522 valence electrons. The number of H-pyrrole nitrogens is 1. The Morgan fingerprint density at radius 2 is 1.24 bits per heavy atom. The Bertz CT molecular complexity index is 3690. The molecule has 0 spiro atoms. The van der Waals surface area contributed by atoms with Crippen LogP contribution in [0.2, 0.25) is 0 Å². The number of hydrogen-bond acceptors (Lipinski definition) is 15. The zero-order valence-electron chi connectivity index (χ0n) is 55.7. The first kappa shape index (κ1) is 74.1. The molecule has 4 aromatic rings. The van der Waals surface area contributed by atoms with Crippen molar-refractivity contribution in [2.24, 2.45) is 32.9 Å². The number of aromatic amines is 1. The molecule has 7 rings (SSSR count). The van der Waals surface area contributed by atoms with Crippen LogP contribution in [-0.2, 0) is 72.4 Å². The molecule has 0 unspecified atom stereocenters. The minimum Gasteiger partial charge on any atom is -0.487 e. The second-order valence-electron chi connectivity index (χ2n) is 25.5. The number of rotatable bonds is 32. The van der Waals surface area contributed by atoms with E-state index in [4.69, 9.17) is 27.7 Å². The summed E-state index contributed by atoms with van der Waals surface area (Å²) in [6.45, 7) is 12.2. The van der Waals surface area contributed by atoms with E-state index in [1.54, 1.807) is 57.3 Å². The number of benzene rings is 3. The average Bonchev–Trinajstić information content (AvgIpc) is 0.960. The van der Waals surface area contributed by atoms with E-state index >= 15 is 4.79 Å². The van der Waals surface area contributed by atoms with Crippen molar-refractivity contribution in [1.82, 2.24) is 51.4 Å². The molecule has 17 N–H and O–H groups in total. The Hall–Kier alpha value is -9.32. The molecule has 96 heavy (non-hydrogen) atoms. The highest BCUT2D eigenvalue weighted by molar-refractivity contribution is 7.90. The smallest absolute Gasteiger partial charge is 0.326 e. The Morgan fingerprint density at radius 3 is 1.90 bits per heavy atom. The van der Waals surface area contributed by atoms with Gasteiger partial charge in [-0.3, -0.25) is 48.3 Å². The number of aliphatic carboxylic acids is 1. The lowest BCUT2D eigenvalue weighted by Crippen LogP contribution is -2.60. The van der Waals surface area contributed by atoms with Crippen LogP contribution < -0.4 is 64.3 Å². The molecule has 0 bridgehead atoms. The third-order valence-electron chi connectivity index (χ3n) is 17.6. The second kappa shape index (κ2) is 33.4. The lowest BCUT2D eigenvalue weighted by atomic mass is 9.94. The number of hydrogen-bond donors (Lipinski definition) is 13. The molecule has 2 saturated heterocycles. The van der Waals surface area contributed by atoms with Crippen molar-refractivity contribution in [2.75, 3.05) is 32.7 Å². The van der Waals surface area contributed by atoms with Gasteiger partial charge in [0, 0.05) is 75.0 Å². The summed E-state index contributed by atoms with van der Waals surface area (Å²) in [6.07, 6.45) is 4.49. The number of carbonyl (C=O) groups is 9. The van der Waals surface area contributed by atoms with E-state index in [-0.39, 0.29) is 94.9 Å². The van der Waals surface area contributed by atoms with Crippen LogP contribution in [0, 0.1) is 20.8 Å². The summed E-state index contributed by atoms with van der Waals surface area (Å²) in [5.74, 6) is -6.65. The maximum atomic E-state index is 15.0. The van der Waals surface area contributed by atoms with Crippen LogP contribution in [0.15, 0.2) is 75.7 Å². The molecule has 3 aliphatic heterocycles. The number of nitrogens with two attached hydrogens (primary N) is 4. The number of unbranched alkanes of at least 4 members (excludes halogenated alkanes) is 1. The fourth-order valence-corrected chi connectivity index (χ4v) is 14.2. The Balaban J connectivity index is 1.05. The number of aromatic nitrogens is 1. The molecule has 1 aromatic heterocycles. The van der Waals surface area contributed by atoms with Crippen molar-refractivity contribution in [1.29, 1.82) is 0 Å². The second-order valence-corrected chi connectivity index (χ2v) is 27.1. The highest BCUT2D eigenvalue weighted by atomic mass is 32.2. The number of guanidine groups is 2. The number of carbonyl (C=O) groups excluding carboxylic acids is 8. The van der Waals surface area contributed by atoms with Crippen LogP contribution in [0.4, 0.5) is 0 Å². The van der Waals surface area contributed by atoms with Crippen molar-refractivity contribution in [3.05, 3.63) is 94.2 Å². The van der Waals surface area contributed by atoms with Gasteiger partial charge in [0.15, 0.2) is 5.96 Å². The largest absolute Gasteiger partial charge is 0.487 e. The molecular formula is C66H94N16O13S. The van der Waals surface area contributed by atoms with Crippen LogP contribution in [0.5, 0.6) is 5.75 Å². The monoisotopic (exact) mass is 1350 g/mol. The van der Waals surface area contributed by atoms with E-state index in [0.29, 0.717) is 72.1 Å². The van der Waals surface area contributed by atoms with Gasteiger partial charge in [-0.05, 0) is 153 Å². The van der Waals surface area contributed by atoms with Gasteiger partial charge in [-0.15, -0.1) is 0 Å². The Morgan fingerprint density at radius 1 is 0.677 bits per heavy atom. The predicted molar refractivity (Wildman–Crippen MR) is 360 cm³/mol. The average molecular weight is 1350 g/mol. The van der Waals surface area contributed by atoms with Crippen LogP contribution in [0.3, 0.4) is 0 Å². The van der Waals surface area contributed by atoms with E-state index in [9.17, 15) is 51.9 Å². The molecule has 29 nitrogen and oxygen atoms in total. The molecule has 30 heteroatoms. The normalized spacial score (nSPS) is 17.7. The number of ether oxygens (including phenoxy) is 1. The standard InChI is InChI=1S/C66H94N16O13S/c1-37-38(2)55(39(3)45-35-66(6,7)95-54(37)45)96(93,94)80-65(70)72-30-16-25-49(61(89)82-32-18-27-53(82)63(91)92)77-56(84)40(4)74-60(88)52-26-17-31-81(52)62(90)51(33-42-19-9-8-10-20-42)79-58(86)48(23-13-14-28-67)76-59(87)50(34-43-36-73-46-22-12-11-21-44(43)46)78-57(85)47(75-41(5)83)24-15-29-71-64(68)69/h8-12,19-22,36,40,47-53,73H,13-18,23-35,67H2,1-7H3,(H,74,88)(H,75,83)(H,76,87)(H,77,84)(H,78,85)(H,79,86)(H,91,92)(H4,68,69,71)(H3,70,72,80)/t40-,47-,48-,49-,50-,51-,52-,53-/m0/s1. The first-order valence-electron chi connectivity index (χ1n) is 32.6. The number of para-hydroxylation sites is 1.